The number of carbonyl (C=O) groups is 1. The molecule has 2 aromatic carbocycles. The maximum absolute atomic E-state index is 14.5. The summed E-state index contributed by atoms with van der Waals surface area (Å²) in [7, 11) is -4.07. The third kappa shape index (κ3) is 3.29. The Hall–Kier alpha value is -2.71. The first-order valence-electron chi connectivity index (χ1n) is 8.67. The molecule has 1 aliphatic heterocycles. The fourth-order valence-corrected chi connectivity index (χ4v) is 5.80. The summed E-state index contributed by atoms with van der Waals surface area (Å²) in [5.74, 6) is -1.09. The van der Waals surface area contributed by atoms with Gasteiger partial charge in [-0.15, -0.1) is 11.3 Å². The molecule has 0 unspecified atom stereocenters. The minimum absolute atomic E-state index is 0.0605. The molecule has 0 saturated carbocycles. The first-order chi connectivity index (χ1) is 13.5. The Kier molecular flexibility index (Phi) is 4.91. The van der Waals surface area contributed by atoms with E-state index in [4.69, 9.17) is 0 Å². The van der Waals surface area contributed by atoms with E-state index in [1.54, 1.807) is 22.4 Å². The van der Waals surface area contributed by atoms with Crippen molar-refractivity contribution in [1.82, 2.24) is 0 Å². The van der Waals surface area contributed by atoms with Crippen LogP contribution in [-0.4, -0.2) is 27.4 Å². The van der Waals surface area contributed by atoms with Crippen LogP contribution in [0.2, 0.25) is 0 Å². The summed E-state index contributed by atoms with van der Waals surface area (Å²) < 4.78 is 41.7. The Balaban J connectivity index is 1.71. The van der Waals surface area contributed by atoms with Crippen molar-refractivity contribution in [1.29, 1.82) is 0 Å². The normalized spacial score (nSPS) is 13.4. The predicted octanol–water partition coefficient (Wildman–Crippen LogP) is 3.67. The third-order valence-corrected chi connectivity index (χ3v) is 7.76. The van der Waals surface area contributed by atoms with Crippen molar-refractivity contribution in [2.24, 2.45) is 0 Å². The van der Waals surface area contributed by atoms with E-state index in [2.05, 4.69) is 0 Å². The van der Waals surface area contributed by atoms with Gasteiger partial charge in [0, 0.05) is 12.2 Å². The predicted molar refractivity (Wildman–Crippen MR) is 108 cm³/mol. The highest BCUT2D eigenvalue weighted by molar-refractivity contribution is 7.94. The minimum atomic E-state index is -4.07. The Morgan fingerprint density at radius 2 is 1.82 bits per heavy atom. The van der Waals surface area contributed by atoms with Crippen molar-refractivity contribution in [2.75, 3.05) is 22.3 Å². The molecule has 1 amide bonds. The lowest BCUT2D eigenvalue weighted by atomic mass is 10.2. The molecule has 0 fully saturated rings. The van der Waals surface area contributed by atoms with Crippen LogP contribution in [0.3, 0.4) is 0 Å². The molecule has 0 atom stereocenters. The second-order valence-electron chi connectivity index (χ2n) is 6.32. The molecule has 8 heteroatoms. The minimum Gasteiger partial charge on any atom is -0.310 e. The van der Waals surface area contributed by atoms with E-state index in [-0.39, 0.29) is 9.90 Å². The lowest BCUT2D eigenvalue weighted by Gasteiger charge is -2.26. The number of amides is 1. The smallest absolute Gasteiger partial charge is 0.274 e. The Morgan fingerprint density at radius 1 is 1.07 bits per heavy atom. The SMILES string of the molecule is O=C(CN(c1ccccc1F)S(=O)(=O)c1cccs1)N1CCc2ccccc21. The average Bonchev–Trinajstić information content (AvgIpc) is 3.37. The number of anilines is 2. The zero-order valence-electron chi connectivity index (χ0n) is 14.8. The summed E-state index contributed by atoms with van der Waals surface area (Å²) in [6.45, 7) is -0.00214. The molecule has 4 rings (SSSR count). The number of thiophene rings is 1. The largest absolute Gasteiger partial charge is 0.310 e. The Labute approximate surface area is 166 Å². The van der Waals surface area contributed by atoms with Crippen LogP contribution in [0.25, 0.3) is 0 Å². The van der Waals surface area contributed by atoms with E-state index in [0.717, 1.165) is 26.9 Å². The number of hydrogen-bond donors (Lipinski definition) is 0. The van der Waals surface area contributed by atoms with Gasteiger partial charge >= 0.3 is 0 Å². The molecule has 0 spiro atoms. The number of hydrogen-bond acceptors (Lipinski definition) is 4. The Morgan fingerprint density at radius 3 is 2.57 bits per heavy atom. The second-order valence-corrected chi connectivity index (χ2v) is 9.36. The van der Waals surface area contributed by atoms with Crippen molar-refractivity contribution in [3.63, 3.8) is 0 Å². The summed E-state index contributed by atoms with van der Waals surface area (Å²) in [6, 6.07) is 16.1. The van der Waals surface area contributed by atoms with Crippen molar-refractivity contribution < 1.29 is 17.6 Å². The molecule has 28 heavy (non-hydrogen) atoms. The van der Waals surface area contributed by atoms with Crippen LogP contribution in [0, 0.1) is 5.82 Å². The van der Waals surface area contributed by atoms with Crippen LogP contribution < -0.4 is 9.21 Å². The second kappa shape index (κ2) is 7.37. The number of rotatable bonds is 5. The standard InChI is InChI=1S/C20H17FN2O3S2/c21-16-7-2-4-9-18(16)23(28(25,26)20-10-5-13-27-20)14-19(24)22-12-11-15-6-1-3-8-17(15)22/h1-10,13H,11-12,14H2. The summed E-state index contributed by atoms with van der Waals surface area (Å²) in [5, 5.41) is 1.63. The van der Waals surface area contributed by atoms with Crippen molar-refractivity contribution >= 4 is 38.6 Å². The van der Waals surface area contributed by atoms with Gasteiger partial charge in [-0.25, -0.2) is 12.8 Å². The lowest BCUT2D eigenvalue weighted by molar-refractivity contribution is -0.117. The molecule has 2 heterocycles. The number of halogens is 1. The van der Waals surface area contributed by atoms with Crippen LogP contribution in [0.5, 0.6) is 0 Å². The summed E-state index contributed by atoms with van der Waals surface area (Å²) in [4.78, 5) is 14.6. The summed E-state index contributed by atoms with van der Waals surface area (Å²) >= 11 is 1.03. The van der Waals surface area contributed by atoms with E-state index >= 15 is 0 Å². The van der Waals surface area contributed by atoms with Gasteiger partial charge in [-0.1, -0.05) is 36.4 Å². The van der Waals surface area contributed by atoms with Gasteiger partial charge in [-0.3, -0.25) is 9.10 Å². The van der Waals surface area contributed by atoms with Gasteiger partial charge in [-0.05, 0) is 41.6 Å². The zero-order valence-corrected chi connectivity index (χ0v) is 16.4. The number of benzene rings is 2. The quantitative estimate of drug-likeness (QED) is 0.638. The number of fused-ring (bicyclic) bond motifs is 1. The van der Waals surface area contributed by atoms with Gasteiger partial charge in [0.1, 0.15) is 16.6 Å². The first kappa shape index (κ1) is 18.6. The number of nitrogens with zero attached hydrogens (tertiary/aromatic N) is 2. The maximum atomic E-state index is 14.5. The molecule has 0 saturated heterocycles. The lowest BCUT2D eigenvalue weighted by Crippen LogP contribution is -2.42. The zero-order chi connectivity index (χ0) is 19.7. The maximum Gasteiger partial charge on any atom is 0.274 e. The van der Waals surface area contributed by atoms with Crippen molar-refractivity contribution in [2.45, 2.75) is 10.6 Å². The van der Waals surface area contributed by atoms with Gasteiger partial charge in [-0.2, -0.15) is 0 Å². The van der Waals surface area contributed by atoms with Crippen LogP contribution >= 0.6 is 11.3 Å². The first-order valence-corrected chi connectivity index (χ1v) is 11.0. The number of para-hydroxylation sites is 2. The van der Waals surface area contributed by atoms with Crippen molar-refractivity contribution in [3.05, 3.63) is 77.4 Å². The van der Waals surface area contributed by atoms with Gasteiger partial charge in [0.25, 0.3) is 10.0 Å². The highest BCUT2D eigenvalue weighted by Crippen LogP contribution is 2.31. The molecule has 0 bridgehead atoms. The van der Waals surface area contributed by atoms with Crippen LogP contribution in [0.1, 0.15) is 5.56 Å². The van der Waals surface area contributed by atoms with E-state index in [9.17, 15) is 17.6 Å². The van der Waals surface area contributed by atoms with Gasteiger partial charge in [0.2, 0.25) is 5.91 Å². The summed E-state index contributed by atoms with van der Waals surface area (Å²) in [5.41, 5.74) is 1.67. The highest BCUT2D eigenvalue weighted by atomic mass is 32.2. The summed E-state index contributed by atoms with van der Waals surface area (Å²) in [6.07, 6.45) is 0.708. The van der Waals surface area contributed by atoms with Gasteiger partial charge < -0.3 is 4.90 Å². The number of sulfonamides is 1. The van der Waals surface area contributed by atoms with E-state index < -0.39 is 28.3 Å². The molecular weight excluding hydrogens is 399 g/mol. The molecule has 1 aromatic heterocycles. The van der Waals surface area contributed by atoms with Crippen LogP contribution in [0.4, 0.5) is 15.8 Å². The molecule has 5 nitrogen and oxygen atoms in total. The topological polar surface area (TPSA) is 57.7 Å². The fourth-order valence-electron chi connectivity index (χ4n) is 3.28. The van der Waals surface area contributed by atoms with E-state index in [0.29, 0.717) is 13.0 Å². The number of carbonyl (C=O) groups excluding carboxylic acids is 1. The molecule has 0 radical (unpaired) electrons. The van der Waals surface area contributed by atoms with E-state index in [1.165, 1.54) is 24.3 Å². The van der Waals surface area contributed by atoms with Gasteiger partial charge in [0.05, 0.1) is 5.69 Å². The van der Waals surface area contributed by atoms with Crippen LogP contribution in [-0.2, 0) is 21.2 Å². The monoisotopic (exact) mass is 416 g/mol. The van der Waals surface area contributed by atoms with Gasteiger partial charge in [0.15, 0.2) is 0 Å². The van der Waals surface area contributed by atoms with Crippen molar-refractivity contribution in [3.8, 4) is 0 Å². The highest BCUT2D eigenvalue weighted by Gasteiger charge is 2.33. The third-order valence-electron chi connectivity index (χ3n) is 4.63. The van der Waals surface area contributed by atoms with Crippen LogP contribution in [0.15, 0.2) is 70.3 Å². The molecule has 1 aliphatic rings. The molecule has 0 N–H and O–H groups in total. The molecule has 0 aliphatic carbocycles. The van der Waals surface area contributed by atoms with E-state index in [1.807, 2.05) is 24.3 Å². The Bertz CT molecular complexity index is 1110. The fraction of sp³-hybridized carbons (Fsp3) is 0.150. The molecular formula is C20H17FN2O3S2. The average molecular weight is 416 g/mol. The molecule has 3 aromatic rings. The molecule has 144 valence electrons.